The zero-order chi connectivity index (χ0) is 15.2. The number of nitrogens with one attached hydrogen (secondary N) is 1. The van der Waals surface area contributed by atoms with Crippen LogP contribution in [0.5, 0.6) is 5.75 Å². The van der Waals surface area contributed by atoms with E-state index in [1.165, 1.54) is 7.11 Å². The van der Waals surface area contributed by atoms with Crippen molar-refractivity contribution < 1.29 is 24.2 Å². The number of ether oxygens (including phenoxy) is 2. The minimum absolute atomic E-state index is 0.384. The minimum atomic E-state index is -1.12. The fraction of sp³-hybridized carbons (Fsp3) is 0.467. The monoisotopic (exact) mass is 293 g/mol. The summed E-state index contributed by atoms with van der Waals surface area (Å²) in [6.45, 7) is 0.537. The molecule has 0 spiro atoms. The van der Waals surface area contributed by atoms with Gasteiger partial charge in [-0.3, -0.25) is 4.79 Å². The Morgan fingerprint density at radius 2 is 2.24 bits per heavy atom. The molecule has 1 saturated heterocycles. The summed E-state index contributed by atoms with van der Waals surface area (Å²) in [6.07, 6.45) is 1.90. The lowest BCUT2D eigenvalue weighted by molar-refractivity contribution is -0.145. The Morgan fingerprint density at radius 3 is 2.86 bits per heavy atom. The van der Waals surface area contributed by atoms with Crippen LogP contribution in [-0.2, 0) is 14.3 Å². The molecule has 0 radical (unpaired) electrons. The highest BCUT2D eigenvalue weighted by atomic mass is 16.5. The number of hydrogen-bond acceptors (Lipinski definition) is 4. The molecule has 21 heavy (non-hydrogen) atoms. The lowest BCUT2D eigenvalue weighted by Crippen LogP contribution is -2.42. The predicted molar refractivity (Wildman–Crippen MR) is 75.1 cm³/mol. The van der Waals surface area contributed by atoms with E-state index in [1.54, 1.807) is 24.3 Å². The second kappa shape index (κ2) is 7.08. The molecule has 0 bridgehead atoms. The van der Waals surface area contributed by atoms with E-state index in [9.17, 15) is 14.7 Å². The fourth-order valence-corrected chi connectivity index (χ4v) is 2.29. The van der Waals surface area contributed by atoms with Crippen LogP contribution in [-0.4, -0.2) is 36.8 Å². The maximum atomic E-state index is 12.1. The van der Waals surface area contributed by atoms with E-state index < -0.39 is 18.1 Å². The van der Waals surface area contributed by atoms with Crippen LogP contribution in [0.25, 0.3) is 0 Å². The zero-order valence-electron chi connectivity index (χ0n) is 11.9. The lowest BCUT2D eigenvalue weighted by atomic mass is 10.0. The van der Waals surface area contributed by atoms with Gasteiger partial charge in [0.15, 0.2) is 6.04 Å². The molecular formula is C15H19NO5. The molecule has 1 fully saturated rings. The van der Waals surface area contributed by atoms with Crippen LogP contribution in [0.2, 0.25) is 0 Å². The van der Waals surface area contributed by atoms with Crippen LogP contribution in [0.15, 0.2) is 24.3 Å². The average molecular weight is 293 g/mol. The van der Waals surface area contributed by atoms with Crippen LogP contribution < -0.4 is 10.1 Å². The highest BCUT2D eigenvalue weighted by molar-refractivity contribution is 5.87. The molecule has 2 rings (SSSR count). The molecule has 2 N–H and O–H groups in total. The first-order valence-corrected chi connectivity index (χ1v) is 6.90. The Bertz CT molecular complexity index is 511. The van der Waals surface area contributed by atoms with E-state index in [0.717, 1.165) is 12.8 Å². The maximum Gasteiger partial charge on any atom is 0.330 e. The molecule has 0 aromatic heterocycles. The second-order valence-electron chi connectivity index (χ2n) is 4.91. The van der Waals surface area contributed by atoms with Gasteiger partial charge in [0.05, 0.1) is 7.11 Å². The topological polar surface area (TPSA) is 84.9 Å². The van der Waals surface area contributed by atoms with Gasteiger partial charge >= 0.3 is 5.97 Å². The van der Waals surface area contributed by atoms with E-state index >= 15 is 0 Å². The Kier molecular flexibility index (Phi) is 5.16. The van der Waals surface area contributed by atoms with Crippen LogP contribution >= 0.6 is 0 Å². The van der Waals surface area contributed by atoms with E-state index in [-0.39, 0.29) is 5.91 Å². The molecule has 1 heterocycles. The zero-order valence-corrected chi connectivity index (χ0v) is 11.9. The SMILES string of the molecule is COc1cccc(C(NC(=O)C2CCCCO2)C(=O)O)c1. The van der Waals surface area contributed by atoms with Gasteiger partial charge in [-0.15, -0.1) is 0 Å². The molecule has 6 heteroatoms. The van der Waals surface area contributed by atoms with Gasteiger partial charge in [0.2, 0.25) is 5.91 Å². The predicted octanol–water partition coefficient (Wildman–Crippen LogP) is 1.51. The van der Waals surface area contributed by atoms with Gasteiger partial charge in [-0.25, -0.2) is 4.79 Å². The smallest absolute Gasteiger partial charge is 0.330 e. The third kappa shape index (κ3) is 3.95. The van der Waals surface area contributed by atoms with Crippen LogP contribution in [0.4, 0.5) is 0 Å². The van der Waals surface area contributed by atoms with Crippen molar-refractivity contribution in [3.63, 3.8) is 0 Å². The van der Waals surface area contributed by atoms with Crippen LogP contribution in [0.1, 0.15) is 30.9 Å². The Labute approximate surface area is 123 Å². The molecule has 1 aliphatic rings. The minimum Gasteiger partial charge on any atom is -0.497 e. The Balaban J connectivity index is 2.11. The van der Waals surface area contributed by atoms with Crippen molar-refractivity contribution in [2.75, 3.05) is 13.7 Å². The standard InChI is InChI=1S/C15H19NO5/c1-20-11-6-4-5-10(9-11)13(15(18)19)16-14(17)12-7-2-3-8-21-12/h4-6,9,12-13H,2-3,7-8H2,1H3,(H,16,17)(H,18,19). The van der Waals surface area contributed by atoms with E-state index in [0.29, 0.717) is 24.3 Å². The molecule has 6 nitrogen and oxygen atoms in total. The highest BCUT2D eigenvalue weighted by Gasteiger charge is 2.28. The first-order valence-electron chi connectivity index (χ1n) is 6.90. The molecule has 2 atom stereocenters. The van der Waals surface area contributed by atoms with Gasteiger partial charge in [-0.1, -0.05) is 12.1 Å². The molecule has 1 aliphatic heterocycles. The molecule has 0 saturated carbocycles. The van der Waals surface area contributed by atoms with Crippen LogP contribution in [0.3, 0.4) is 0 Å². The molecule has 114 valence electrons. The maximum absolute atomic E-state index is 12.1. The Morgan fingerprint density at radius 1 is 1.43 bits per heavy atom. The molecule has 1 aromatic carbocycles. The summed E-state index contributed by atoms with van der Waals surface area (Å²) >= 11 is 0. The van der Waals surface area contributed by atoms with Gasteiger partial charge in [-0.2, -0.15) is 0 Å². The number of carbonyl (C=O) groups is 2. The third-order valence-corrected chi connectivity index (χ3v) is 3.43. The van der Waals surface area contributed by atoms with Crippen molar-refractivity contribution in [2.45, 2.75) is 31.4 Å². The first kappa shape index (κ1) is 15.3. The number of hydrogen-bond donors (Lipinski definition) is 2. The van der Waals surface area contributed by atoms with E-state index in [4.69, 9.17) is 9.47 Å². The van der Waals surface area contributed by atoms with Crippen molar-refractivity contribution in [3.05, 3.63) is 29.8 Å². The summed E-state index contributed by atoms with van der Waals surface area (Å²) < 4.78 is 10.4. The largest absolute Gasteiger partial charge is 0.497 e. The molecule has 2 unspecified atom stereocenters. The first-order chi connectivity index (χ1) is 10.1. The Hall–Kier alpha value is -2.08. The second-order valence-corrected chi connectivity index (χ2v) is 4.91. The van der Waals surface area contributed by atoms with E-state index in [1.807, 2.05) is 0 Å². The van der Waals surface area contributed by atoms with Gasteiger partial charge in [0.1, 0.15) is 11.9 Å². The summed E-state index contributed by atoms with van der Waals surface area (Å²) in [7, 11) is 1.50. The van der Waals surface area contributed by atoms with Gasteiger partial charge < -0.3 is 19.9 Å². The number of carbonyl (C=O) groups excluding carboxylic acids is 1. The lowest BCUT2D eigenvalue weighted by Gasteiger charge is -2.24. The van der Waals surface area contributed by atoms with Gasteiger partial charge in [0, 0.05) is 6.61 Å². The third-order valence-electron chi connectivity index (χ3n) is 3.43. The summed E-state index contributed by atoms with van der Waals surface area (Å²) in [5.74, 6) is -0.959. The van der Waals surface area contributed by atoms with Crippen molar-refractivity contribution in [1.82, 2.24) is 5.32 Å². The fourth-order valence-electron chi connectivity index (χ4n) is 2.29. The van der Waals surface area contributed by atoms with Gasteiger partial charge in [0.25, 0.3) is 0 Å². The molecule has 0 aliphatic carbocycles. The van der Waals surface area contributed by atoms with Gasteiger partial charge in [-0.05, 0) is 37.0 Å². The quantitative estimate of drug-likeness (QED) is 0.859. The average Bonchev–Trinajstić information content (AvgIpc) is 2.53. The molecule has 1 aromatic rings. The number of carboxylic acid groups (broad SMARTS) is 1. The van der Waals surface area contributed by atoms with Crippen molar-refractivity contribution in [2.24, 2.45) is 0 Å². The van der Waals surface area contributed by atoms with Crippen molar-refractivity contribution in [3.8, 4) is 5.75 Å². The summed E-state index contributed by atoms with van der Waals surface area (Å²) in [5.41, 5.74) is 0.464. The molecular weight excluding hydrogens is 274 g/mol. The van der Waals surface area contributed by atoms with E-state index in [2.05, 4.69) is 5.32 Å². The number of amides is 1. The number of aliphatic carboxylic acids is 1. The van der Waals surface area contributed by atoms with Crippen molar-refractivity contribution >= 4 is 11.9 Å². The number of benzene rings is 1. The number of carboxylic acids is 1. The van der Waals surface area contributed by atoms with Crippen molar-refractivity contribution in [1.29, 1.82) is 0 Å². The van der Waals surface area contributed by atoms with Crippen LogP contribution in [0, 0.1) is 0 Å². The molecule has 1 amide bonds. The highest BCUT2D eigenvalue weighted by Crippen LogP contribution is 2.21. The normalized spacial score (nSPS) is 19.6. The summed E-state index contributed by atoms with van der Waals surface area (Å²) in [5, 5.41) is 11.9. The summed E-state index contributed by atoms with van der Waals surface area (Å²) in [4.78, 5) is 23.5. The number of rotatable bonds is 5. The summed E-state index contributed by atoms with van der Waals surface area (Å²) in [6, 6.07) is 5.53. The number of methoxy groups -OCH3 is 1.